The highest BCUT2D eigenvalue weighted by Gasteiger charge is 2.25. The molecule has 1 aliphatic rings. The fourth-order valence-electron chi connectivity index (χ4n) is 8.77. The molecule has 1 aromatic heterocycles. The third-order valence-electron chi connectivity index (χ3n) is 11.4. The molecule has 0 aliphatic carbocycles. The molecule has 0 radical (unpaired) electrons. The normalized spacial score (nSPS) is 12.3. The molecule has 2 heterocycles. The van der Waals surface area contributed by atoms with Crippen molar-refractivity contribution in [2.24, 2.45) is 0 Å². The Bertz CT molecular complexity index is 2990. The molecule has 11 rings (SSSR count). The van der Waals surface area contributed by atoms with Crippen LogP contribution in [0.25, 0.3) is 71.6 Å². The lowest BCUT2D eigenvalue weighted by atomic mass is 9.89. The number of fused-ring (bicyclic) bond motifs is 6. The van der Waals surface area contributed by atoms with Crippen molar-refractivity contribution < 1.29 is 0 Å². The first-order valence-corrected chi connectivity index (χ1v) is 19.1. The summed E-state index contributed by atoms with van der Waals surface area (Å²) in [7, 11) is 0. The van der Waals surface area contributed by atoms with Crippen molar-refractivity contribution in [2.75, 3.05) is 4.90 Å². The summed E-state index contributed by atoms with van der Waals surface area (Å²) in [5, 5.41) is 5.10. The standard InChI is InChI=1S/C53H36N2/c1-2-11-36(12-3-1)37-21-27-44(28-22-37)54-50-31-25-40(38-23-29-45(30-24-38)55-52-19-8-6-16-48(52)49-17-7-9-20-53(49)55)33-42(50)35-43-34-41(26-32-51(43)54)47-18-10-14-39-13-4-5-15-46(39)47/h1-34H,35H2. The number of para-hydroxylation sites is 2. The van der Waals surface area contributed by atoms with Crippen LogP contribution in [0.15, 0.2) is 206 Å². The van der Waals surface area contributed by atoms with Crippen LogP contribution in [0.3, 0.4) is 0 Å². The van der Waals surface area contributed by atoms with E-state index in [0.717, 1.165) is 12.1 Å². The Hall–Kier alpha value is -7.16. The third-order valence-corrected chi connectivity index (χ3v) is 11.4. The maximum Gasteiger partial charge on any atom is 0.0541 e. The Morgan fingerprint density at radius 2 is 0.818 bits per heavy atom. The van der Waals surface area contributed by atoms with Crippen LogP contribution in [0.1, 0.15) is 11.1 Å². The van der Waals surface area contributed by atoms with Crippen LogP contribution in [0.4, 0.5) is 17.1 Å². The van der Waals surface area contributed by atoms with Gasteiger partial charge in [0, 0.05) is 39.9 Å². The molecule has 0 spiro atoms. The van der Waals surface area contributed by atoms with Gasteiger partial charge in [-0.05, 0) is 116 Å². The maximum atomic E-state index is 2.45. The van der Waals surface area contributed by atoms with Gasteiger partial charge in [0.25, 0.3) is 0 Å². The molecule has 0 amide bonds. The van der Waals surface area contributed by atoms with E-state index in [1.165, 1.54) is 94.1 Å². The van der Waals surface area contributed by atoms with Crippen molar-refractivity contribution in [3.05, 3.63) is 217 Å². The van der Waals surface area contributed by atoms with Gasteiger partial charge in [-0.1, -0.05) is 146 Å². The summed E-state index contributed by atoms with van der Waals surface area (Å²) in [5.41, 5.74) is 17.3. The average Bonchev–Trinajstić information content (AvgIpc) is 3.60. The van der Waals surface area contributed by atoms with Gasteiger partial charge in [-0.3, -0.25) is 0 Å². The van der Waals surface area contributed by atoms with Crippen LogP contribution >= 0.6 is 0 Å². The molecule has 10 aromatic rings. The molecule has 0 atom stereocenters. The van der Waals surface area contributed by atoms with Crippen LogP contribution in [0.5, 0.6) is 0 Å². The highest BCUT2D eigenvalue weighted by atomic mass is 15.2. The number of anilines is 3. The van der Waals surface area contributed by atoms with E-state index < -0.39 is 0 Å². The van der Waals surface area contributed by atoms with Crippen LogP contribution in [-0.2, 0) is 6.42 Å². The first kappa shape index (κ1) is 31.4. The van der Waals surface area contributed by atoms with E-state index in [1.54, 1.807) is 0 Å². The second kappa shape index (κ2) is 12.8. The second-order valence-corrected chi connectivity index (χ2v) is 14.6. The Morgan fingerprint density at radius 3 is 1.51 bits per heavy atom. The number of nitrogens with zero attached hydrogens (tertiary/aromatic N) is 2. The van der Waals surface area contributed by atoms with Gasteiger partial charge in [-0.15, -0.1) is 0 Å². The summed E-state index contributed by atoms with van der Waals surface area (Å²) in [6.45, 7) is 0. The zero-order chi connectivity index (χ0) is 36.3. The summed E-state index contributed by atoms with van der Waals surface area (Å²) >= 11 is 0. The molecular weight excluding hydrogens is 665 g/mol. The Morgan fingerprint density at radius 1 is 0.327 bits per heavy atom. The van der Waals surface area contributed by atoms with Crippen molar-refractivity contribution in [1.29, 1.82) is 0 Å². The lowest BCUT2D eigenvalue weighted by molar-refractivity contribution is 1.09. The van der Waals surface area contributed by atoms with E-state index in [0.29, 0.717) is 0 Å². The molecule has 258 valence electrons. The van der Waals surface area contributed by atoms with Gasteiger partial charge in [0.2, 0.25) is 0 Å². The maximum absolute atomic E-state index is 2.45. The first-order chi connectivity index (χ1) is 27.3. The van der Waals surface area contributed by atoms with E-state index >= 15 is 0 Å². The topological polar surface area (TPSA) is 8.17 Å². The quantitative estimate of drug-likeness (QED) is 0.174. The molecular formula is C53H36N2. The van der Waals surface area contributed by atoms with Crippen molar-refractivity contribution in [2.45, 2.75) is 6.42 Å². The summed E-state index contributed by atoms with van der Waals surface area (Å²) in [6.07, 6.45) is 0.856. The Balaban J connectivity index is 1.01. The second-order valence-electron chi connectivity index (χ2n) is 14.6. The largest absolute Gasteiger partial charge is 0.310 e. The minimum absolute atomic E-state index is 0.856. The highest BCUT2D eigenvalue weighted by Crippen LogP contribution is 2.47. The van der Waals surface area contributed by atoms with E-state index in [4.69, 9.17) is 0 Å². The molecule has 55 heavy (non-hydrogen) atoms. The molecule has 0 fully saturated rings. The van der Waals surface area contributed by atoms with Crippen LogP contribution in [0.2, 0.25) is 0 Å². The first-order valence-electron chi connectivity index (χ1n) is 19.1. The summed E-state index contributed by atoms with van der Waals surface area (Å²) in [5.74, 6) is 0. The minimum atomic E-state index is 0.856. The zero-order valence-electron chi connectivity index (χ0n) is 30.2. The Kier molecular flexibility index (Phi) is 7.28. The van der Waals surface area contributed by atoms with E-state index in [-0.39, 0.29) is 0 Å². The zero-order valence-corrected chi connectivity index (χ0v) is 30.2. The smallest absolute Gasteiger partial charge is 0.0541 e. The number of hydrogen-bond donors (Lipinski definition) is 0. The molecule has 9 aromatic carbocycles. The lowest BCUT2D eigenvalue weighted by Crippen LogP contribution is -2.18. The monoisotopic (exact) mass is 700 g/mol. The lowest BCUT2D eigenvalue weighted by Gasteiger charge is -2.34. The SMILES string of the molecule is c1ccc(-c2ccc(N3c4ccc(-c5ccc(-n6c7ccccc7c7ccccc76)cc5)cc4Cc4cc(-c5cccc6ccccc56)ccc43)cc2)cc1. The number of hydrogen-bond acceptors (Lipinski definition) is 1. The molecule has 0 N–H and O–H groups in total. The molecule has 2 nitrogen and oxygen atoms in total. The van der Waals surface area contributed by atoms with Gasteiger partial charge in [0.1, 0.15) is 0 Å². The average molecular weight is 701 g/mol. The van der Waals surface area contributed by atoms with Crippen LogP contribution in [0, 0.1) is 0 Å². The number of rotatable bonds is 5. The fraction of sp³-hybridized carbons (Fsp3) is 0.0189. The molecule has 0 unspecified atom stereocenters. The van der Waals surface area contributed by atoms with E-state index in [2.05, 4.69) is 216 Å². The van der Waals surface area contributed by atoms with Gasteiger partial charge in [0.05, 0.1) is 11.0 Å². The summed E-state index contributed by atoms with van der Waals surface area (Å²) < 4.78 is 2.38. The highest BCUT2D eigenvalue weighted by molar-refractivity contribution is 6.09. The van der Waals surface area contributed by atoms with Crippen LogP contribution < -0.4 is 4.90 Å². The fourth-order valence-corrected chi connectivity index (χ4v) is 8.77. The van der Waals surface area contributed by atoms with E-state index in [1.807, 2.05) is 0 Å². The number of benzene rings is 9. The van der Waals surface area contributed by atoms with Crippen LogP contribution in [-0.4, -0.2) is 4.57 Å². The van der Waals surface area contributed by atoms with Gasteiger partial charge in [-0.2, -0.15) is 0 Å². The van der Waals surface area contributed by atoms with Crippen molar-refractivity contribution in [1.82, 2.24) is 4.57 Å². The summed E-state index contributed by atoms with van der Waals surface area (Å²) in [6, 6.07) is 75.5. The van der Waals surface area contributed by atoms with Gasteiger partial charge in [-0.25, -0.2) is 0 Å². The third kappa shape index (κ3) is 5.26. The minimum Gasteiger partial charge on any atom is -0.310 e. The predicted molar refractivity (Wildman–Crippen MR) is 232 cm³/mol. The van der Waals surface area contributed by atoms with Gasteiger partial charge in [0.15, 0.2) is 0 Å². The molecule has 0 saturated heterocycles. The van der Waals surface area contributed by atoms with Crippen molar-refractivity contribution in [3.63, 3.8) is 0 Å². The Labute approximate surface area is 320 Å². The van der Waals surface area contributed by atoms with Crippen molar-refractivity contribution in [3.8, 4) is 39.1 Å². The molecule has 0 saturated carbocycles. The van der Waals surface area contributed by atoms with E-state index in [9.17, 15) is 0 Å². The van der Waals surface area contributed by atoms with Gasteiger partial charge >= 0.3 is 0 Å². The van der Waals surface area contributed by atoms with Crippen molar-refractivity contribution >= 4 is 49.6 Å². The molecule has 1 aliphatic heterocycles. The van der Waals surface area contributed by atoms with Gasteiger partial charge < -0.3 is 9.47 Å². The molecule has 2 heteroatoms. The number of aromatic nitrogens is 1. The molecule has 0 bridgehead atoms. The predicted octanol–water partition coefficient (Wildman–Crippen LogP) is 14.3. The summed E-state index contributed by atoms with van der Waals surface area (Å²) in [4.78, 5) is 2.45.